The van der Waals surface area contributed by atoms with E-state index in [4.69, 9.17) is 29.2 Å². The quantitative estimate of drug-likeness (QED) is 0.469. The van der Waals surface area contributed by atoms with E-state index in [9.17, 15) is 9.59 Å². The number of carbonyl (C=O) groups is 2. The molecule has 0 aliphatic rings. The van der Waals surface area contributed by atoms with Gasteiger partial charge in [-0.3, -0.25) is 0 Å². The highest BCUT2D eigenvalue weighted by Gasteiger charge is 2.08. The standard InChI is InChI=1S/2C12H14O4/c2*1-3-4-16-11-6-9(8-15-2)5-10(7-11)12(13)14/h2*3,5-7H,1,4,8H2,2H3,(H,13,14). The smallest absolute Gasteiger partial charge is 0.335 e. The normalized spacial score (nSPS) is 9.81. The number of rotatable bonds is 12. The second-order valence-corrected chi connectivity index (χ2v) is 6.41. The highest BCUT2D eigenvalue weighted by atomic mass is 16.5. The molecule has 0 amide bonds. The van der Waals surface area contributed by atoms with Crippen LogP contribution in [0.25, 0.3) is 0 Å². The van der Waals surface area contributed by atoms with Crippen molar-refractivity contribution < 1.29 is 38.7 Å². The molecule has 2 N–H and O–H groups in total. The molecular formula is C24H28O8. The van der Waals surface area contributed by atoms with E-state index in [1.807, 2.05) is 0 Å². The number of methoxy groups -OCH3 is 2. The summed E-state index contributed by atoms with van der Waals surface area (Å²) in [5, 5.41) is 17.8. The molecule has 8 heteroatoms. The highest BCUT2D eigenvalue weighted by molar-refractivity contribution is 5.88. The Hall–Kier alpha value is -3.62. The molecule has 0 saturated heterocycles. The summed E-state index contributed by atoms with van der Waals surface area (Å²) in [5.41, 5.74) is 1.91. The van der Waals surface area contributed by atoms with Crippen molar-refractivity contribution in [1.82, 2.24) is 0 Å². The Kier molecular flexibility index (Phi) is 11.9. The van der Waals surface area contributed by atoms with E-state index in [2.05, 4.69) is 13.2 Å². The van der Waals surface area contributed by atoms with Gasteiger partial charge in [-0.2, -0.15) is 0 Å². The molecular weight excluding hydrogens is 416 g/mol. The summed E-state index contributed by atoms with van der Waals surface area (Å²) in [6.45, 7) is 8.44. The van der Waals surface area contributed by atoms with Crippen molar-refractivity contribution in [2.45, 2.75) is 13.2 Å². The van der Waals surface area contributed by atoms with E-state index >= 15 is 0 Å². The molecule has 32 heavy (non-hydrogen) atoms. The summed E-state index contributed by atoms with van der Waals surface area (Å²) in [6.07, 6.45) is 3.20. The third-order valence-electron chi connectivity index (χ3n) is 3.78. The summed E-state index contributed by atoms with van der Waals surface area (Å²) >= 11 is 0. The van der Waals surface area contributed by atoms with E-state index in [0.717, 1.165) is 11.1 Å². The van der Waals surface area contributed by atoms with Crippen LogP contribution in [0.15, 0.2) is 61.7 Å². The first-order chi connectivity index (χ1) is 15.3. The molecule has 0 fully saturated rings. The first-order valence-corrected chi connectivity index (χ1v) is 9.54. The van der Waals surface area contributed by atoms with Gasteiger partial charge in [-0.15, -0.1) is 0 Å². The van der Waals surface area contributed by atoms with E-state index in [0.29, 0.717) is 37.9 Å². The Labute approximate surface area is 187 Å². The lowest BCUT2D eigenvalue weighted by molar-refractivity contribution is 0.0685. The van der Waals surface area contributed by atoms with Crippen molar-refractivity contribution in [1.29, 1.82) is 0 Å². The monoisotopic (exact) mass is 444 g/mol. The Morgan fingerprint density at radius 2 is 1.12 bits per heavy atom. The number of carboxylic acid groups (broad SMARTS) is 2. The molecule has 2 aromatic rings. The minimum absolute atomic E-state index is 0.189. The zero-order valence-corrected chi connectivity index (χ0v) is 18.2. The first-order valence-electron chi connectivity index (χ1n) is 9.54. The van der Waals surface area contributed by atoms with Crippen LogP contribution in [0.4, 0.5) is 0 Å². The molecule has 2 aromatic carbocycles. The lowest BCUT2D eigenvalue weighted by Crippen LogP contribution is -2.01. The van der Waals surface area contributed by atoms with E-state index in [-0.39, 0.29) is 11.1 Å². The largest absolute Gasteiger partial charge is 0.490 e. The highest BCUT2D eigenvalue weighted by Crippen LogP contribution is 2.19. The molecule has 0 aliphatic carbocycles. The molecule has 0 heterocycles. The second kappa shape index (κ2) is 14.4. The third kappa shape index (κ3) is 9.46. The number of carboxylic acids is 2. The van der Waals surface area contributed by atoms with Gasteiger partial charge in [0.1, 0.15) is 24.7 Å². The minimum Gasteiger partial charge on any atom is -0.490 e. The average Bonchev–Trinajstić information content (AvgIpc) is 2.77. The van der Waals surface area contributed by atoms with Crippen LogP contribution < -0.4 is 9.47 Å². The minimum atomic E-state index is -0.985. The van der Waals surface area contributed by atoms with E-state index in [1.54, 1.807) is 50.6 Å². The van der Waals surface area contributed by atoms with Crippen molar-refractivity contribution in [3.8, 4) is 11.5 Å². The van der Waals surface area contributed by atoms with Crippen molar-refractivity contribution in [2.75, 3.05) is 27.4 Å². The molecule has 0 radical (unpaired) electrons. The molecule has 172 valence electrons. The van der Waals surface area contributed by atoms with Gasteiger partial charge in [0.05, 0.1) is 24.3 Å². The van der Waals surface area contributed by atoms with Crippen LogP contribution >= 0.6 is 0 Å². The van der Waals surface area contributed by atoms with Gasteiger partial charge >= 0.3 is 11.9 Å². The van der Waals surface area contributed by atoms with Gasteiger partial charge in [0.2, 0.25) is 0 Å². The number of benzene rings is 2. The predicted molar refractivity (Wildman–Crippen MR) is 120 cm³/mol. The van der Waals surface area contributed by atoms with Gasteiger partial charge < -0.3 is 29.2 Å². The molecule has 0 atom stereocenters. The van der Waals surface area contributed by atoms with Crippen LogP contribution in [0.5, 0.6) is 11.5 Å². The van der Waals surface area contributed by atoms with Crippen LogP contribution in [-0.2, 0) is 22.7 Å². The zero-order chi connectivity index (χ0) is 23.9. The Balaban J connectivity index is 0.000000320. The van der Waals surface area contributed by atoms with Crippen LogP contribution in [0.1, 0.15) is 31.8 Å². The fraction of sp³-hybridized carbons (Fsp3) is 0.250. The molecule has 0 spiro atoms. The Bertz CT molecular complexity index is 845. The summed E-state index contributed by atoms with van der Waals surface area (Å²) in [4.78, 5) is 21.7. The Morgan fingerprint density at radius 1 is 0.750 bits per heavy atom. The van der Waals surface area contributed by atoms with Crippen LogP contribution in [-0.4, -0.2) is 49.6 Å². The second-order valence-electron chi connectivity index (χ2n) is 6.41. The maximum Gasteiger partial charge on any atom is 0.335 e. The van der Waals surface area contributed by atoms with E-state index in [1.165, 1.54) is 12.1 Å². The summed E-state index contributed by atoms with van der Waals surface area (Å²) in [5.74, 6) is -0.957. The van der Waals surface area contributed by atoms with Gasteiger partial charge in [-0.05, 0) is 47.5 Å². The fourth-order valence-electron chi connectivity index (χ4n) is 2.55. The SMILES string of the molecule is C=CCOc1cc(COC)cc(C(=O)O)c1.C=CCOc1cc(COC)cc(C(=O)O)c1. The molecule has 0 bridgehead atoms. The topological polar surface area (TPSA) is 112 Å². The number of hydrogen-bond acceptors (Lipinski definition) is 6. The maximum absolute atomic E-state index is 10.9. The summed E-state index contributed by atoms with van der Waals surface area (Å²) in [6, 6.07) is 9.58. The van der Waals surface area contributed by atoms with Crippen molar-refractivity contribution in [3.63, 3.8) is 0 Å². The summed E-state index contributed by atoms with van der Waals surface area (Å²) < 4.78 is 20.5. The molecule has 2 rings (SSSR count). The van der Waals surface area contributed by atoms with Gasteiger partial charge in [-0.25, -0.2) is 9.59 Å². The Morgan fingerprint density at radius 3 is 1.41 bits per heavy atom. The predicted octanol–water partition coefficient (Wildman–Crippen LogP) is 4.19. The zero-order valence-electron chi connectivity index (χ0n) is 18.2. The fourth-order valence-corrected chi connectivity index (χ4v) is 2.55. The number of hydrogen-bond donors (Lipinski definition) is 2. The molecule has 0 aromatic heterocycles. The lowest BCUT2D eigenvalue weighted by atomic mass is 10.1. The molecule has 0 saturated carbocycles. The molecule has 8 nitrogen and oxygen atoms in total. The van der Waals surface area contributed by atoms with Gasteiger partial charge in [-0.1, -0.05) is 25.3 Å². The van der Waals surface area contributed by atoms with E-state index < -0.39 is 11.9 Å². The summed E-state index contributed by atoms with van der Waals surface area (Å²) in [7, 11) is 3.11. The van der Waals surface area contributed by atoms with Crippen LogP contribution in [0.3, 0.4) is 0 Å². The number of ether oxygens (including phenoxy) is 4. The van der Waals surface area contributed by atoms with Gasteiger partial charge in [0, 0.05) is 14.2 Å². The van der Waals surface area contributed by atoms with Crippen molar-refractivity contribution in [3.05, 3.63) is 84.0 Å². The average molecular weight is 444 g/mol. The molecule has 0 unspecified atom stereocenters. The van der Waals surface area contributed by atoms with Crippen molar-refractivity contribution >= 4 is 11.9 Å². The van der Waals surface area contributed by atoms with Crippen molar-refractivity contribution in [2.24, 2.45) is 0 Å². The van der Waals surface area contributed by atoms with Gasteiger partial charge in [0.15, 0.2) is 0 Å². The molecule has 0 aliphatic heterocycles. The number of aromatic carboxylic acids is 2. The third-order valence-corrected chi connectivity index (χ3v) is 3.78. The first kappa shape index (κ1) is 26.4. The lowest BCUT2D eigenvalue weighted by Gasteiger charge is -2.07. The maximum atomic E-state index is 10.9. The van der Waals surface area contributed by atoms with Gasteiger partial charge in [0.25, 0.3) is 0 Å². The van der Waals surface area contributed by atoms with Crippen LogP contribution in [0, 0.1) is 0 Å². The van der Waals surface area contributed by atoms with Crippen LogP contribution in [0.2, 0.25) is 0 Å².